The summed E-state index contributed by atoms with van der Waals surface area (Å²) in [6, 6.07) is 7.31. The van der Waals surface area contributed by atoms with Gasteiger partial charge in [-0.3, -0.25) is 4.79 Å². The molecular weight excluding hydrogens is 230 g/mol. The van der Waals surface area contributed by atoms with Gasteiger partial charge in [-0.25, -0.2) is 0 Å². The van der Waals surface area contributed by atoms with Gasteiger partial charge in [-0.2, -0.15) is 0 Å². The molecule has 0 amide bonds. The molecule has 0 radical (unpaired) electrons. The van der Waals surface area contributed by atoms with Crippen LogP contribution in [0.25, 0.3) is 0 Å². The largest absolute Gasteiger partial charge is 0.491 e. The lowest BCUT2D eigenvalue weighted by Crippen LogP contribution is -2.42. The summed E-state index contributed by atoms with van der Waals surface area (Å²) in [6.07, 6.45) is 0. The van der Waals surface area contributed by atoms with Gasteiger partial charge in [0.15, 0.2) is 0 Å². The zero-order valence-corrected chi connectivity index (χ0v) is 11.2. The number of rotatable bonds is 7. The molecule has 0 aliphatic heterocycles. The van der Waals surface area contributed by atoms with Crippen LogP contribution in [-0.4, -0.2) is 31.8 Å². The number of ether oxygens (including phenoxy) is 2. The molecule has 1 atom stereocenters. The van der Waals surface area contributed by atoms with Gasteiger partial charge in [0.1, 0.15) is 18.4 Å². The molecule has 4 nitrogen and oxygen atoms in total. The number of carbonyl (C=O) groups excluding carboxylic acids is 1. The monoisotopic (exact) mass is 251 g/mol. The average molecular weight is 251 g/mol. The van der Waals surface area contributed by atoms with Crippen LogP contribution in [0.4, 0.5) is 0 Å². The number of aryl methyl sites for hydroxylation is 1. The second kappa shape index (κ2) is 7.71. The Kier molecular flexibility index (Phi) is 6.22. The predicted molar refractivity (Wildman–Crippen MR) is 70.8 cm³/mol. The van der Waals surface area contributed by atoms with Gasteiger partial charge in [0.2, 0.25) is 0 Å². The highest BCUT2D eigenvalue weighted by atomic mass is 16.5. The number of likely N-dealkylation sites (N-methyl/N-ethyl adjacent to an activating group) is 1. The maximum atomic E-state index is 11.6. The first kappa shape index (κ1) is 14.5. The molecule has 1 aromatic carbocycles. The Morgan fingerprint density at radius 1 is 1.28 bits per heavy atom. The third kappa shape index (κ3) is 4.75. The molecule has 0 saturated heterocycles. The molecule has 1 unspecified atom stereocenters. The topological polar surface area (TPSA) is 47.6 Å². The van der Waals surface area contributed by atoms with Crippen molar-refractivity contribution in [1.82, 2.24) is 5.32 Å². The predicted octanol–water partition coefficient (Wildman–Crippen LogP) is 1.92. The van der Waals surface area contributed by atoms with Gasteiger partial charge in [-0.15, -0.1) is 0 Å². The van der Waals surface area contributed by atoms with Gasteiger partial charge < -0.3 is 14.8 Å². The van der Waals surface area contributed by atoms with E-state index in [1.165, 1.54) is 5.56 Å². The Hall–Kier alpha value is -1.55. The zero-order valence-electron chi connectivity index (χ0n) is 11.2. The van der Waals surface area contributed by atoms with Crippen molar-refractivity contribution in [3.05, 3.63) is 29.8 Å². The second-order valence-corrected chi connectivity index (χ2v) is 3.99. The minimum absolute atomic E-state index is 0.272. The molecule has 18 heavy (non-hydrogen) atoms. The lowest BCUT2D eigenvalue weighted by Gasteiger charge is -2.17. The molecule has 0 bridgehead atoms. The van der Waals surface area contributed by atoms with Gasteiger partial charge in [0.05, 0.1) is 6.61 Å². The highest BCUT2D eigenvalue weighted by Crippen LogP contribution is 2.11. The van der Waals surface area contributed by atoms with Crippen molar-refractivity contribution in [3.63, 3.8) is 0 Å². The first-order valence-electron chi connectivity index (χ1n) is 6.26. The molecular formula is C14H21NO3. The fraction of sp³-hybridized carbons (Fsp3) is 0.500. The summed E-state index contributed by atoms with van der Waals surface area (Å²) < 4.78 is 10.6. The molecule has 4 heteroatoms. The van der Waals surface area contributed by atoms with Crippen molar-refractivity contribution in [2.24, 2.45) is 0 Å². The van der Waals surface area contributed by atoms with E-state index in [-0.39, 0.29) is 12.6 Å². The van der Waals surface area contributed by atoms with Crippen LogP contribution < -0.4 is 10.1 Å². The lowest BCUT2D eigenvalue weighted by atomic mass is 10.2. The van der Waals surface area contributed by atoms with Crippen LogP contribution in [0.15, 0.2) is 24.3 Å². The van der Waals surface area contributed by atoms with Crippen molar-refractivity contribution in [2.75, 3.05) is 19.8 Å². The smallest absolute Gasteiger partial charge is 0.326 e. The summed E-state index contributed by atoms with van der Waals surface area (Å²) in [5, 5.41) is 3.05. The molecule has 1 rings (SSSR count). The first-order valence-corrected chi connectivity index (χ1v) is 6.26. The second-order valence-electron chi connectivity index (χ2n) is 3.99. The van der Waals surface area contributed by atoms with Crippen LogP contribution in [0.3, 0.4) is 0 Å². The van der Waals surface area contributed by atoms with E-state index >= 15 is 0 Å². The molecule has 0 aliphatic carbocycles. The van der Waals surface area contributed by atoms with E-state index in [0.29, 0.717) is 13.2 Å². The van der Waals surface area contributed by atoms with Crippen LogP contribution in [0.2, 0.25) is 0 Å². The maximum Gasteiger partial charge on any atom is 0.326 e. The van der Waals surface area contributed by atoms with Crippen LogP contribution >= 0.6 is 0 Å². The quantitative estimate of drug-likeness (QED) is 0.752. The first-order chi connectivity index (χ1) is 8.67. The number of hydrogen-bond acceptors (Lipinski definition) is 4. The highest BCUT2D eigenvalue weighted by molar-refractivity contribution is 5.76. The SMILES string of the molecule is CCNC(COc1ccc(C)cc1)C(=O)OCC. The van der Waals surface area contributed by atoms with E-state index in [1.807, 2.05) is 38.1 Å². The molecule has 1 N–H and O–H groups in total. The maximum absolute atomic E-state index is 11.6. The Morgan fingerprint density at radius 2 is 1.94 bits per heavy atom. The van der Waals surface area contributed by atoms with Crippen molar-refractivity contribution >= 4 is 5.97 Å². The number of hydrogen-bond donors (Lipinski definition) is 1. The summed E-state index contributed by atoms with van der Waals surface area (Å²) in [5.74, 6) is 0.485. The highest BCUT2D eigenvalue weighted by Gasteiger charge is 2.19. The van der Waals surface area contributed by atoms with Gasteiger partial charge in [-0.1, -0.05) is 24.6 Å². The minimum atomic E-state index is -0.420. The molecule has 0 aromatic heterocycles. The summed E-state index contributed by atoms with van der Waals surface area (Å²) in [5.41, 5.74) is 1.18. The Bertz CT molecular complexity index is 362. The summed E-state index contributed by atoms with van der Waals surface area (Å²) >= 11 is 0. The number of carbonyl (C=O) groups is 1. The van der Waals surface area contributed by atoms with E-state index < -0.39 is 6.04 Å². The van der Waals surface area contributed by atoms with Crippen molar-refractivity contribution < 1.29 is 14.3 Å². The fourth-order valence-electron chi connectivity index (χ4n) is 1.51. The molecule has 0 fully saturated rings. The van der Waals surface area contributed by atoms with Crippen LogP contribution in [0.5, 0.6) is 5.75 Å². The van der Waals surface area contributed by atoms with Gasteiger partial charge in [-0.05, 0) is 32.5 Å². The zero-order chi connectivity index (χ0) is 13.4. The summed E-state index contributed by atoms with van der Waals surface area (Å²) in [6.45, 7) is 7.10. The third-order valence-corrected chi connectivity index (χ3v) is 2.46. The van der Waals surface area contributed by atoms with E-state index in [0.717, 1.165) is 5.75 Å². The molecule has 0 saturated carbocycles. The minimum Gasteiger partial charge on any atom is -0.491 e. The van der Waals surface area contributed by atoms with Crippen molar-refractivity contribution in [2.45, 2.75) is 26.8 Å². The van der Waals surface area contributed by atoms with Crippen molar-refractivity contribution in [3.8, 4) is 5.75 Å². The Balaban J connectivity index is 2.51. The molecule has 0 heterocycles. The molecule has 1 aromatic rings. The van der Waals surface area contributed by atoms with Gasteiger partial charge in [0.25, 0.3) is 0 Å². The van der Waals surface area contributed by atoms with Crippen LogP contribution in [-0.2, 0) is 9.53 Å². The van der Waals surface area contributed by atoms with Crippen LogP contribution in [0, 0.1) is 6.92 Å². The molecule has 0 aliphatic rings. The third-order valence-electron chi connectivity index (χ3n) is 2.46. The Morgan fingerprint density at radius 3 is 2.50 bits per heavy atom. The number of nitrogens with one attached hydrogen (secondary N) is 1. The van der Waals surface area contributed by atoms with E-state index in [9.17, 15) is 4.79 Å². The molecule has 0 spiro atoms. The lowest BCUT2D eigenvalue weighted by molar-refractivity contribution is -0.146. The fourth-order valence-corrected chi connectivity index (χ4v) is 1.51. The average Bonchev–Trinajstić information content (AvgIpc) is 2.36. The summed E-state index contributed by atoms with van der Waals surface area (Å²) in [4.78, 5) is 11.6. The van der Waals surface area contributed by atoms with Crippen molar-refractivity contribution in [1.29, 1.82) is 0 Å². The Labute approximate surface area is 108 Å². The van der Waals surface area contributed by atoms with Gasteiger partial charge >= 0.3 is 5.97 Å². The molecule has 100 valence electrons. The number of esters is 1. The van der Waals surface area contributed by atoms with Gasteiger partial charge in [0, 0.05) is 0 Å². The summed E-state index contributed by atoms with van der Waals surface area (Å²) in [7, 11) is 0. The van der Waals surface area contributed by atoms with E-state index in [2.05, 4.69) is 5.32 Å². The standard InChI is InChI=1S/C14H21NO3/c1-4-15-13(14(16)17-5-2)10-18-12-8-6-11(3)7-9-12/h6-9,13,15H,4-5,10H2,1-3H3. The number of benzene rings is 1. The van der Waals surface area contributed by atoms with E-state index in [1.54, 1.807) is 6.92 Å². The van der Waals surface area contributed by atoms with E-state index in [4.69, 9.17) is 9.47 Å². The van der Waals surface area contributed by atoms with Crippen LogP contribution in [0.1, 0.15) is 19.4 Å². The normalized spacial score (nSPS) is 11.9.